The highest BCUT2D eigenvalue weighted by atomic mass is 16.2. The largest absolute Gasteiger partial charge is 0.335 e. The van der Waals surface area contributed by atoms with Gasteiger partial charge in [-0.2, -0.15) is 10.2 Å². The van der Waals surface area contributed by atoms with E-state index in [4.69, 9.17) is 0 Å². The quantitative estimate of drug-likeness (QED) is 0.581. The number of nitrogens with zero attached hydrogens (tertiary/aromatic N) is 2. The van der Waals surface area contributed by atoms with Crippen LogP contribution in [0.15, 0.2) is 34.5 Å². The van der Waals surface area contributed by atoms with Crippen molar-refractivity contribution in [1.82, 2.24) is 10.7 Å². The lowest BCUT2D eigenvalue weighted by atomic mass is 10.0. The van der Waals surface area contributed by atoms with E-state index in [0.29, 0.717) is 0 Å². The number of hydrazone groups is 2. The first-order valence-corrected chi connectivity index (χ1v) is 6.64. The number of hydrogen-bond acceptors (Lipinski definition) is 4. The molecule has 0 saturated heterocycles. The molecular formula is C14H19N5O. The van der Waals surface area contributed by atoms with Crippen LogP contribution in [0.25, 0.3) is 0 Å². The van der Waals surface area contributed by atoms with Crippen molar-refractivity contribution in [2.24, 2.45) is 10.2 Å². The lowest BCUT2D eigenvalue weighted by molar-refractivity contribution is 0.239. The topological polar surface area (TPSA) is 77.9 Å². The summed E-state index contributed by atoms with van der Waals surface area (Å²) < 4.78 is 0. The van der Waals surface area contributed by atoms with Crippen LogP contribution < -0.4 is 16.2 Å². The maximum Gasteiger partial charge on any atom is 0.335 e. The van der Waals surface area contributed by atoms with E-state index < -0.39 is 0 Å². The van der Waals surface area contributed by atoms with Crippen molar-refractivity contribution in [1.29, 1.82) is 0 Å². The van der Waals surface area contributed by atoms with Gasteiger partial charge in [0.05, 0.1) is 17.4 Å². The van der Waals surface area contributed by atoms with Gasteiger partial charge in [-0.15, -0.1) is 0 Å². The molecule has 3 N–H and O–H groups in total. The Balaban J connectivity index is 2.10. The maximum absolute atomic E-state index is 11.1. The first-order chi connectivity index (χ1) is 9.60. The number of anilines is 1. The summed E-state index contributed by atoms with van der Waals surface area (Å²) in [6, 6.07) is 7.40. The highest BCUT2D eigenvalue weighted by Crippen LogP contribution is 2.13. The molecule has 0 fully saturated rings. The van der Waals surface area contributed by atoms with Crippen LogP contribution >= 0.6 is 0 Å². The second-order valence-corrected chi connectivity index (χ2v) is 4.69. The van der Waals surface area contributed by atoms with Gasteiger partial charge >= 0.3 is 6.03 Å². The molecule has 6 heteroatoms. The van der Waals surface area contributed by atoms with Gasteiger partial charge in [0.2, 0.25) is 0 Å². The summed E-state index contributed by atoms with van der Waals surface area (Å²) in [7, 11) is 0. The van der Waals surface area contributed by atoms with Crippen LogP contribution in [0.4, 0.5) is 10.5 Å². The SMILES string of the molecule is CCC(C)=NNc1ccc(C2=NNC(=O)NC2C)cc1. The number of rotatable bonds is 4. The number of benzene rings is 1. The van der Waals surface area contributed by atoms with E-state index in [2.05, 4.69) is 33.3 Å². The molecule has 0 aliphatic carbocycles. The van der Waals surface area contributed by atoms with Crippen molar-refractivity contribution in [3.8, 4) is 0 Å². The molecule has 106 valence electrons. The van der Waals surface area contributed by atoms with Crippen LogP contribution in [0.3, 0.4) is 0 Å². The summed E-state index contributed by atoms with van der Waals surface area (Å²) in [5, 5.41) is 11.1. The summed E-state index contributed by atoms with van der Waals surface area (Å²) in [4.78, 5) is 11.1. The van der Waals surface area contributed by atoms with Gasteiger partial charge in [0.25, 0.3) is 0 Å². The molecule has 1 aliphatic heterocycles. The molecule has 0 saturated carbocycles. The molecular weight excluding hydrogens is 254 g/mol. The Labute approximate surface area is 118 Å². The molecule has 2 rings (SSSR count). The van der Waals surface area contributed by atoms with Crippen LogP contribution in [0.2, 0.25) is 0 Å². The molecule has 0 radical (unpaired) electrons. The Morgan fingerprint density at radius 2 is 2.10 bits per heavy atom. The Hall–Kier alpha value is -2.37. The van der Waals surface area contributed by atoms with Crippen molar-refractivity contribution in [2.75, 3.05) is 5.43 Å². The third-order valence-corrected chi connectivity index (χ3v) is 3.10. The average Bonchev–Trinajstić information content (AvgIpc) is 2.45. The predicted molar refractivity (Wildman–Crippen MR) is 81.1 cm³/mol. The Kier molecular flexibility index (Phi) is 4.34. The molecule has 1 aromatic carbocycles. The summed E-state index contributed by atoms with van der Waals surface area (Å²) in [6.45, 7) is 5.94. The van der Waals surface area contributed by atoms with Crippen LogP contribution in [-0.2, 0) is 0 Å². The number of hydrogen-bond donors (Lipinski definition) is 3. The van der Waals surface area contributed by atoms with Gasteiger partial charge in [-0.25, -0.2) is 10.2 Å². The molecule has 1 aromatic rings. The van der Waals surface area contributed by atoms with Gasteiger partial charge in [-0.3, -0.25) is 5.43 Å². The summed E-state index contributed by atoms with van der Waals surface area (Å²) >= 11 is 0. The zero-order chi connectivity index (χ0) is 14.5. The van der Waals surface area contributed by atoms with Crippen molar-refractivity contribution < 1.29 is 4.79 Å². The average molecular weight is 273 g/mol. The third kappa shape index (κ3) is 3.34. The van der Waals surface area contributed by atoms with E-state index in [1.807, 2.05) is 38.1 Å². The van der Waals surface area contributed by atoms with E-state index in [0.717, 1.165) is 29.1 Å². The first kappa shape index (κ1) is 14.0. The van der Waals surface area contributed by atoms with Gasteiger partial charge in [0.15, 0.2) is 0 Å². The minimum Gasteiger partial charge on any atom is -0.328 e. The van der Waals surface area contributed by atoms with Crippen molar-refractivity contribution >= 4 is 23.1 Å². The monoisotopic (exact) mass is 273 g/mol. The number of amides is 2. The molecule has 6 nitrogen and oxygen atoms in total. The highest BCUT2D eigenvalue weighted by Gasteiger charge is 2.19. The van der Waals surface area contributed by atoms with E-state index >= 15 is 0 Å². The molecule has 0 aromatic heterocycles. The highest BCUT2D eigenvalue weighted by molar-refractivity contribution is 6.07. The third-order valence-electron chi connectivity index (χ3n) is 3.10. The molecule has 1 heterocycles. The van der Waals surface area contributed by atoms with E-state index in [1.165, 1.54) is 0 Å². The zero-order valence-corrected chi connectivity index (χ0v) is 11.9. The molecule has 0 bridgehead atoms. The van der Waals surface area contributed by atoms with Gasteiger partial charge < -0.3 is 5.32 Å². The Bertz CT molecular complexity index is 547. The fourth-order valence-electron chi connectivity index (χ4n) is 1.77. The number of nitrogens with one attached hydrogen (secondary N) is 3. The molecule has 0 spiro atoms. The first-order valence-electron chi connectivity index (χ1n) is 6.64. The van der Waals surface area contributed by atoms with Crippen LogP contribution in [0.5, 0.6) is 0 Å². The van der Waals surface area contributed by atoms with Crippen LogP contribution in [0.1, 0.15) is 32.8 Å². The summed E-state index contributed by atoms with van der Waals surface area (Å²) in [5.74, 6) is 0. The summed E-state index contributed by atoms with van der Waals surface area (Å²) in [5.41, 5.74) is 9.17. The molecule has 1 unspecified atom stereocenters. The van der Waals surface area contributed by atoms with Gasteiger partial charge in [0, 0.05) is 11.3 Å². The predicted octanol–water partition coefficient (Wildman–Crippen LogP) is 2.29. The lowest BCUT2D eigenvalue weighted by Gasteiger charge is -2.21. The van der Waals surface area contributed by atoms with Gasteiger partial charge in [-0.1, -0.05) is 19.1 Å². The van der Waals surface area contributed by atoms with Crippen molar-refractivity contribution in [2.45, 2.75) is 33.2 Å². The van der Waals surface area contributed by atoms with Crippen LogP contribution in [-0.4, -0.2) is 23.5 Å². The number of carbonyl (C=O) groups is 1. The van der Waals surface area contributed by atoms with Crippen LogP contribution in [0, 0.1) is 0 Å². The summed E-state index contributed by atoms with van der Waals surface area (Å²) in [6.07, 6.45) is 0.921. The van der Waals surface area contributed by atoms with E-state index in [9.17, 15) is 4.79 Å². The second-order valence-electron chi connectivity index (χ2n) is 4.69. The minimum absolute atomic E-state index is 0.108. The van der Waals surface area contributed by atoms with Crippen molar-refractivity contribution in [3.63, 3.8) is 0 Å². The zero-order valence-electron chi connectivity index (χ0n) is 11.9. The molecule has 20 heavy (non-hydrogen) atoms. The normalized spacial score (nSPS) is 18.9. The van der Waals surface area contributed by atoms with Crippen molar-refractivity contribution in [3.05, 3.63) is 29.8 Å². The molecule has 1 aliphatic rings. The Morgan fingerprint density at radius 3 is 2.70 bits per heavy atom. The number of urea groups is 1. The molecule has 1 atom stereocenters. The van der Waals surface area contributed by atoms with E-state index in [1.54, 1.807) is 0 Å². The fourth-order valence-corrected chi connectivity index (χ4v) is 1.77. The lowest BCUT2D eigenvalue weighted by Crippen LogP contribution is -2.48. The fraction of sp³-hybridized carbons (Fsp3) is 0.357. The maximum atomic E-state index is 11.1. The van der Waals surface area contributed by atoms with E-state index in [-0.39, 0.29) is 12.1 Å². The second kappa shape index (κ2) is 6.18. The van der Waals surface area contributed by atoms with Gasteiger partial charge in [-0.05, 0) is 32.4 Å². The minimum atomic E-state index is -0.274. The smallest absolute Gasteiger partial charge is 0.328 e. The molecule has 2 amide bonds. The number of carbonyl (C=O) groups excluding carboxylic acids is 1. The Morgan fingerprint density at radius 1 is 1.40 bits per heavy atom. The standard InChI is InChI=1S/C14H19N5O/c1-4-9(2)16-17-12-7-5-11(6-8-12)13-10(3)15-14(20)19-18-13/h5-8,10,17H,4H2,1-3H3,(H2,15,19,20). The van der Waals surface area contributed by atoms with Gasteiger partial charge in [0.1, 0.15) is 0 Å².